The number of carbonyl (C=O) groups is 1. The van der Waals surface area contributed by atoms with E-state index >= 15 is 0 Å². The number of hydrogen-bond donors (Lipinski definition) is 0. The van der Waals surface area contributed by atoms with Gasteiger partial charge in [0.25, 0.3) is 5.69 Å². The number of nitrogens with zero attached hydrogens (tertiary/aromatic N) is 2. The lowest BCUT2D eigenvalue weighted by Gasteiger charge is -2.03. The van der Waals surface area contributed by atoms with Crippen LogP contribution in [0.25, 0.3) is 5.69 Å². The van der Waals surface area contributed by atoms with Crippen LogP contribution in [0.4, 0.5) is 5.69 Å². The first-order valence-electron chi connectivity index (χ1n) is 5.72. The molecule has 1 aromatic carbocycles. The van der Waals surface area contributed by atoms with Gasteiger partial charge in [-0.1, -0.05) is 12.1 Å². The zero-order valence-corrected chi connectivity index (χ0v) is 10.3. The van der Waals surface area contributed by atoms with E-state index in [4.69, 9.17) is 4.74 Å². The van der Waals surface area contributed by atoms with Gasteiger partial charge in [0, 0.05) is 18.5 Å². The van der Waals surface area contributed by atoms with Crippen molar-refractivity contribution in [3.05, 3.63) is 58.4 Å². The van der Waals surface area contributed by atoms with Gasteiger partial charge in [-0.2, -0.15) is 0 Å². The number of aromatic nitrogens is 1. The molecular weight excluding hydrogens is 248 g/mol. The Labute approximate surface area is 109 Å². The molecular formula is C13H12N2O4. The normalized spacial score (nSPS) is 10.2. The van der Waals surface area contributed by atoms with Crippen molar-refractivity contribution in [2.24, 2.45) is 0 Å². The predicted molar refractivity (Wildman–Crippen MR) is 68.4 cm³/mol. The van der Waals surface area contributed by atoms with E-state index in [0.29, 0.717) is 11.3 Å². The maximum atomic E-state index is 11.5. The fourth-order valence-electron chi connectivity index (χ4n) is 1.72. The predicted octanol–water partition coefficient (Wildman–Crippen LogP) is 2.56. The minimum Gasteiger partial charge on any atom is -0.462 e. The van der Waals surface area contributed by atoms with Crippen molar-refractivity contribution < 1.29 is 14.5 Å². The summed E-state index contributed by atoms with van der Waals surface area (Å²) in [5, 5.41) is 10.9. The van der Waals surface area contributed by atoms with Gasteiger partial charge in [0.15, 0.2) is 0 Å². The molecule has 19 heavy (non-hydrogen) atoms. The number of benzene rings is 1. The molecule has 0 saturated heterocycles. The number of nitro benzene ring substituents is 1. The molecule has 98 valence electrons. The average Bonchev–Trinajstić information content (AvgIpc) is 2.88. The summed E-state index contributed by atoms with van der Waals surface area (Å²) >= 11 is 0. The van der Waals surface area contributed by atoms with E-state index in [1.165, 1.54) is 16.8 Å². The van der Waals surface area contributed by atoms with E-state index in [0.717, 1.165) is 0 Å². The molecule has 1 aromatic heterocycles. The zero-order valence-electron chi connectivity index (χ0n) is 10.3. The van der Waals surface area contributed by atoms with Crippen molar-refractivity contribution in [3.63, 3.8) is 0 Å². The number of esters is 1. The Morgan fingerprint density at radius 1 is 1.37 bits per heavy atom. The second-order valence-electron chi connectivity index (χ2n) is 3.77. The Kier molecular flexibility index (Phi) is 3.61. The highest BCUT2D eigenvalue weighted by Crippen LogP contribution is 2.22. The summed E-state index contributed by atoms with van der Waals surface area (Å²) < 4.78 is 6.40. The van der Waals surface area contributed by atoms with Crippen molar-refractivity contribution in [2.45, 2.75) is 6.92 Å². The molecule has 0 bridgehead atoms. The monoisotopic (exact) mass is 260 g/mol. The van der Waals surface area contributed by atoms with Crippen LogP contribution in [-0.2, 0) is 4.74 Å². The van der Waals surface area contributed by atoms with Gasteiger partial charge >= 0.3 is 5.97 Å². The van der Waals surface area contributed by atoms with Crippen LogP contribution < -0.4 is 0 Å². The Bertz CT molecular complexity index is 619. The number of para-hydroxylation sites is 2. The van der Waals surface area contributed by atoms with Crippen LogP contribution in [0.2, 0.25) is 0 Å². The minimum atomic E-state index is -0.459. The maximum absolute atomic E-state index is 11.5. The second-order valence-corrected chi connectivity index (χ2v) is 3.77. The number of hydrogen-bond acceptors (Lipinski definition) is 4. The molecule has 6 nitrogen and oxygen atoms in total. The molecule has 0 amide bonds. The van der Waals surface area contributed by atoms with Gasteiger partial charge in [0.2, 0.25) is 0 Å². The highest BCUT2D eigenvalue weighted by atomic mass is 16.6. The van der Waals surface area contributed by atoms with Crippen molar-refractivity contribution in [2.75, 3.05) is 6.61 Å². The summed E-state index contributed by atoms with van der Waals surface area (Å²) in [6.45, 7) is 2.01. The fraction of sp³-hybridized carbons (Fsp3) is 0.154. The molecule has 0 N–H and O–H groups in total. The standard InChI is InChI=1S/C13H12N2O4/c1-2-19-13(16)10-7-8-14(9-10)11-5-3-4-6-12(11)15(17)18/h3-9H,2H2,1H3. The average molecular weight is 260 g/mol. The van der Waals surface area contributed by atoms with E-state index in [1.54, 1.807) is 37.4 Å². The van der Waals surface area contributed by atoms with E-state index < -0.39 is 10.9 Å². The Morgan fingerprint density at radius 2 is 2.11 bits per heavy atom. The van der Waals surface area contributed by atoms with Gasteiger partial charge in [-0.15, -0.1) is 0 Å². The first kappa shape index (κ1) is 12.8. The quantitative estimate of drug-likeness (QED) is 0.481. The summed E-state index contributed by atoms with van der Waals surface area (Å²) in [6, 6.07) is 7.89. The van der Waals surface area contributed by atoms with Gasteiger partial charge in [-0.05, 0) is 19.1 Å². The number of carbonyl (C=O) groups excluding carboxylic acids is 1. The largest absolute Gasteiger partial charge is 0.462 e. The number of ether oxygens (including phenoxy) is 1. The topological polar surface area (TPSA) is 74.4 Å². The Hall–Kier alpha value is -2.63. The van der Waals surface area contributed by atoms with Crippen molar-refractivity contribution >= 4 is 11.7 Å². The lowest BCUT2D eigenvalue weighted by molar-refractivity contribution is -0.384. The molecule has 0 radical (unpaired) electrons. The summed E-state index contributed by atoms with van der Waals surface area (Å²) in [4.78, 5) is 22.0. The van der Waals surface area contributed by atoms with Gasteiger partial charge in [0.1, 0.15) is 5.69 Å². The van der Waals surface area contributed by atoms with Crippen LogP contribution in [0.3, 0.4) is 0 Å². The lowest BCUT2D eigenvalue weighted by atomic mass is 10.2. The van der Waals surface area contributed by atoms with Crippen LogP contribution in [0.15, 0.2) is 42.7 Å². The molecule has 0 aliphatic heterocycles. The molecule has 0 aliphatic rings. The van der Waals surface area contributed by atoms with Crippen LogP contribution in [-0.4, -0.2) is 22.1 Å². The SMILES string of the molecule is CCOC(=O)c1ccn(-c2ccccc2[N+](=O)[O-])c1. The van der Waals surface area contributed by atoms with E-state index in [1.807, 2.05) is 0 Å². The first-order valence-corrected chi connectivity index (χ1v) is 5.72. The van der Waals surface area contributed by atoms with Crippen LogP contribution in [0.1, 0.15) is 17.3 Å². The van der Waals surface area contributed by atoms with Gasteiger partial charge in [0.05, 0.1) is 17.1 Å². The van der Waals surface area contributed by atoms with E-state index in [-0.39, 0.29) is 12.3 Å². The van der Waals surface area contributed by atoms with Gasteiger partial charge < -0.3 is 9.30 Å². The third-order valence-corrected chi connectivity index (χ3v) is 2.56. The van der Waals surface area contributed by atoms with Crippen LogP contribution in [0, 0.1) is 10.1 Å². The molecule has 0 saturated carbocycles. The molecule has 0 fully saturated rings. The zero-order chi connectivity index (χ0) is 13.8. The summed E-state index contributed by atoms with van der Waals surface area (Å²) in [7, 11) is 0. The lowest BCUT2D eigenvalue weighted by Crippen LogP contribution is -2.03. The van der Waals surface area contributed by atoms with Crippen LogP contribution in [0.5, 0.6) is 0 Å². The van der Waals surface area contributed by atoms with Crippen molar-refractivity contribution in [3.8, 4) is 5.69 Å². The highest BCUT2D eigenvalue weighted by Gasteiger charge is 2.15. The smallest absolute Gasteiger partial charge is 0.339 e. The molecule has 0 aliphatic carbocycles. The number of nitro groups is 1. The maximum Gasteiger partial charge on any atom is 0.339 e. The fourth-order valence-corrected chi connectivity index (χ4v) is 1.72. The van der Waals surface area contributed by atoms with E-state index in [2.05, 4.69) is 0 Å². The molecule has 0 spiro atoms. The Morgan fingerprint density at radius 3 is 2.79 bits per heavy atom. The summed E-state index contributed by atoms with van der Waals surface area (Å²) in [5.41, 5.74) is 0.747. The van der Waals surface area contributed by atoms with E-state index in [9.17, 15) is 14.9 Å². The van der Waals surface area contributed by atoms with Crippen LogP contribution >= 0.6 is 0 Å². The van der Waals surface area contributed by atoms with Crippen molar-refractivity contribution in [1.82, 2.24) is 4.57 Å². The third kappa shape index (κ3) is 2.62. The molecule has 0 unspecified atom stereocenters. The summed E-state index contributed by atoms with van der Waals surface area (Å²) in [6.07, 6.45) is 3.11. The molecule has 0 atom stereocenters. The second kappa shape index (κ2) is 5.34. The van der Waals surface area contributed by atoms with Gasteiger partial charge in [-0.3, -0.25) is 10.1 Å². The van der Waals surface area contributed by atoms with Gasteiger partial charge in [-0.25, -0.2) is 4.79 Å². The third-order valence-electron chi connectivity index (χ3n) is 2.56. The molecule has 2 rings (SSSR count). The highest BCUT2D eigenvalue weighted by molar-refractivity contribution is 5.89. The minimum absolute atomic E-state index is 0.0199. The van der Waals surface area contributed by atoms with Crippen molar-refractivity contribution in [1.29, 1.82) is 0 Å². The Balaban J connectivity index is 2.38. The molecule has 6 heteroatoms. The summed E-state index contributed by atoms with van der Waals surface area (Å²) in [5.74, 6) is -0.445. The molecule has 2 aromatic rings. The number of rotatable bonds is 4. The first-order chi connectivity index (χ1) is 9.13. The molecule has 1 heterocycles.